The highest BCUT2D eigenvalue weighted by molar-refractivity contribution is 7.12. The maximum Gasteiger partial charge on any atom is 0.346 e. The van der Waals surface area contributed by atoms with Crippen LogP contribution >= 0.6 is 11.3 Å². The number of carboxylic acids is 1. The van der Waals surface area contributed by atoms with Gasteiger partial charge in [0.1, 0.15) is 4.88 Å². The van der Waals surface area contributed by atoms with Gasteiger partial charge in [0.2, 0.25) is 0 Å². The van der Waals surface area contributed by atoms with E-state index in [4.69, 9.17) is 5.11 Å². The van der Waals surface area contributed by atoms with Gasteiger partial charge in [0.05, 0.1) is 0 Å². The van der Waals surface area contributed by atoms with E-state index < -0.39 is 5.97 Å². The number of aryl methyl sites for hydroxylation is 1. The van der Waals surface area contributed by atoms with Gasteiger partial charge in [-0.05, 0) is 29.5 Å². The van der Waals surface area contributed by atoms with Crippen LogP contribution in [0.25, 0.3) is 11.1 Å². The maximum atomic E-state index is 11.0. The largest absolute Gasteiger partial charge is 0.477 e. The first kappa shape index (κ1) is 9.93. The molecule has 3 heteroatoms. The van der Waals surface area contributed by atoms with Crippen molar-refractivity contribution in [2.45, 2.75) is 6.92 Å². The summed E-state index contributed by atoms with van der Waals surface area (Å²) in [7, 11) is 0. The van der Waals surface area contributed by atoms with Crippen LogP contribution in [-0.4, -0.2) is 11.1 Å². The van der Waals surface area contributed by atoms with E-state index in [1.54, 1.807) is 0 Å². The lowest BCUT2D eigenvalue weighted by atomic mass is 10.0. The maximum absolute atomic E-state index is 11.0. The van der Waals surface area contributed by atoms with Crippen molar-refractivity contribution in [1.82, 2.24) is 0 Å². The minimum Gasteiger partial charge on any atom is -0.477 e. The molecule has 0 atom stereocenters. The Kier molecular flexibility index (Phi) is 2.56. The number of aromatic carboxylic acids is 1. The van der Waals surface area contributed by atoms with Crippen LogP contribution < -0.4 is 0 Å². The molecule has 0 unspecified atom stereocenters. The number of carbonyl (C=O) groups is 1. The molecule has 2 rings (SSSR count). The van der Waals surface area contributed by atoms with Crippen molar-refractivity contribution in [3.05, 3.63) is 46.2 Å². The Morgan fingerprint density at radius 1 is 1.20 bits per heavy atom. The third kappa shape index (κ3) is 1.78. The van der Waals surface area contributed by atoms with Gasteiger partial charge < -0.3 is 5.11 Å². The third-order valence-electron chi connectivity index (χ3n) is 2.29. The molecule has 0 amide bonds. The van der Waals surface area contributed by atoms with Gasteiger partial charge in [-0.3, -0.25) is 0 Å². The van der Waals surface area contributed by atoms with Crippen LogP contribution in [0.2, 0.25) is 0 Å². The van der Waals surface area contributed by atoms with Crippen molar-refractivity contribution >= 4 is 17.3 Å². The zero-order valence-electron chi connectivity index (χ0n) is 8.23. The Balaban J connectivity index is 2.59. The average Bonchev–Trinajstić information content (AvgIpc) is 2.67. The average molecular weight is 218 g/mol. The van der Waals surface area contributed by atoms with E-state index in [9.17, 15) is 4.79 Å². The SMILES string of the molecule is Cc1ccccc1-c1ccsc1C(=O)O. The zero-order valence-corrected chi connectivity index (χ0v) is 9.04. The van der Waals surface area contributed by atoms with Crippen molar-refractivity contribution in [3.8, 4) is 11.1 Å². The minimum absolute atomic E-state index is 0.407. The quantitative estimate of drug-likeness (QED) is 0.838. The van der Waals surface area contributed by atoms with Crippen molar-refractivity contribution in [2.75, 3.05) is 0 Å². The Hall–Kier alpha value is -1.61. The highest BCUT2D eigenvalue weighted by atomic mass is 32.1. The Labute approximate surface area is 91.8 Å². The van der Waals surface area contributed by atoms with E-state index >= 15 is 0 Å². The van der Waals surface area contributed by atoms with Crippen LogP contribution in [0.4, 0.5) is 0 Å². The fraction of sp³-hybridized carbons (Fsp3) is 0.0833. The van der Waals surface area contributed by atoms with Gasteiger partial charge in [-0.25, -0.2) is 4.79 Å². The second-order valence-corrected chi connectivity index (χ2v) is 4.20. The molecule has 0 fully saturated rings. The van der Waals surface area contributed by atoms with Crippen molar-refractivity contribution in [1.29, 1.82) is 0 Å². The number of benzene rings is 1. The highest BCUT2D eigenvalue weighted by Crippen LogP contribution is 2.30. The number of rotatable bonds is 2. The number of hydrogen-bond donors (Lipinski definition) is 1. The molecular formula is C12H10O2S. The van der Waals surface area contributed by atoms with Crippen LogP contribution in [0.15, 0.2) is 35.7 Å². The van der Waals surface area contributed by atoms with Crippen LogP contribution in [0.3, 0.4) is 0 Å². The molecule has 0 aliphatic carbocycles. The van der Waals surface area contributed by atoms with Gasteiger partial charge in [0.15, 0.2) is 0 Å². The summed E-state index contributed by atoms with van der Waals surface area (Å²) >= 11 is 1.26. The van der Waals surface area contributed by atoms with E-state index in [0.717, 1.165) is 16.7 Å². The lowest BCUT2D eigenvalue weighted by Crippen LogP contribution is -1.95. The molecule has 1 heterocycles. The molecule has 2 nitrogen and oxygen atoms in total. The predicted molar refractivity (Wildman–Crippen MR) is 61.5 cm³/mol. The summed E-state index contributed by atoms with van der Waals surface area (Å²) in [4.78, 5) is 11.4. The molecule has 0 saturated carbocycles. The van der Waals surface area contributed by atoms with Gasteiger partial charge in [0, 0.05) is 5.56 Å². The van der Waals surface area contributed by atoms with Gasteiger partial charge >= 0.3 is 5.97 Å². The van der Waals surface area contributed by atoms with E-state index in [2.05, 4.69) is 0 Å². The molecule has 0 saturated heterocycles. The van der Waals surface area contributed by atoms with E-state index in [0.29, 0.717) is 4.88 Å². The molecular weight excluding hydrogens is 208 g/mol. The number of hydrogen-bond acceptors (Lipinski definition) is 2. The minimum atomic E-state index is -0.858. The first-order chi connectivity index (χ1) is 7.20. The molecule has 76 valence electrons. The number of thiophene rings is 1. The van der Waals surface area contributed by atoms with Crippen LogP contribution in [0.1, 0.15) is 15.2 Å². The van der Waals surface area contributed by atoms with Crippen LogP contribution in [0, 0.1) is 6.92 Å². The molecule has 1 aromatic carbocycles. The molecule has 15 heavy (non-hydrogen) atoms. The molecule has 1 N–H and O–H groups in total. The van der Waals surface area contributed by atoms with Crippen LogP contribution in [0.5, 0.6) is 0 Å². The second kappa shape index (κ2) is 3.87. The second-order valence-electron chi connectivity index (χ2n) is 3.28. The molecule has 2 aromatic rings. The highest BCUT2D eigenvalue weighted by Gasteiger charge is 2.13. The fourth-order valence-electron chi connectivity index (χ4n) is 1.56. The first-order valence-electron chi connectivity index (χ1n) is 4.57. The van der Waals surface area contributed by atoms with Crippen molar-refractivity contribution in [2.24, 2.45) is 0 Å². The standard InChI is InChI=1S/C12H10O2S/c1-8-4-2-3-5-9(8)10-6-7-15-11(10)12(13)14/h2-7H,1H3,(H,13,14). The predicted octanol–water partition coefficient (Wildman–Crippen LogP) is 3.42. The smallest absolute Gasteiger partial charge is 0.346 e. The lowest BCUT2D eigenvalue weighted by Gasteiger charge is -2.04. The van der Waals surface area contributed by atoms with Gasteiger partial charge in [-0.1, -0.05) is 24.3 Å². The summed E-state index contributed by atoms with van der Waals surface area (Å²) in [5, 5.41) is 10.8. The molecule has 0 aliphatic heterocycles. The molecule has 0 radical (unpaired) electrons. The lowest BCUT2D eigenvalue weighted by molar-refractivity contribution is 0.0703. The summed E-state index contributed by atoms with van der Waals surface area (Å²) < 4.78 is 0. The molecule has 0 spiro atoms. The molecule has 0 aliphatic rings. The van der Waals surface area contributed by atoms with Gasteiger partial charge in [-0.2, -0.15) is 0 Å². The van der Waals surface area contributed by atoms with Crippen molar-refractivity contribution < 1.29 is 9.90 Å². The first-order valence-corrected chi connectivity index (χ1v) is 5.45. The number of carboxylic acid groups (broad SMARTS) is 1. The molecule has 0 bridgehead atoms. The van der Waals surface area contributed by atoms with E-state index in [1.165, 1.54) is 11.3 Å². The monoisotopic (exact) mass is 218 g/mol. The topological polar surface area (TPSA) is 37.3 Å². The van der Waals surface area contributed by atoms with E-state index in [1.807, 2.05) is 42.6 Å². The summed E-state index contributed by atoms with van der Waals surface area (Å²) in [5.74, 6) is -0.858. The van der Waals surface area contributed by atoms with E-state index in [-0.39, 0.29) is 0 Å². The third-order valence-corrected chi connectivity index (χ3v) is 3.20. The summed E-state index contributed by atoms with van der Waals surface area (Å²) in [5.41, 5.74) is 2.90. The summed E-state index contributed by atoms with van der Waals surface area (Å²) in [6.07, 6.45) is 0. The summed E-state index contributed by atoms with van der Waals surface area (Å²) in [6.45, 7) is 1.98. The Bertz CT molecular complexity index is 500. The molecule has 1 aromatic heterocycles. The Morgan fingerprint density at radius 2 is 1.93 bits per heavy atom. The normalized spacial score (nSPS) is 10.2. The van der Waals surface area contributed by atoms with Gasteiger partial charge in [0.25, 0.3) is 0 Å². The zero-order chi connectivity index (χ0) is 10.8. The summed E-state index contributed by atoms with van der Waals surface area (Å²) in [6, 6.07) is 9.66. The van der Waals surface area contributed by atoms with Gasteiger partial charge in [-0.15, -0.1) is 11.3 Å². The van der Waals surface area contributed by atoms with Crippen molar-refractivity contribution in [3.63, 3.8) is 0 Å². The van der Waals surface area contributed by atoms with Crippen LogP contribution in [-0.2, 0) is 0 Å². The Morgan fingerprint density at radius 3 is 2.60 bits per heavy atom. The fourth-order valence-corrected chi connectivity index (χ4v) is 2.31.